The number of fused-ring (bicyclic) bond motifs is 1. The maximum atomic E-state index is 11.7. The first-order valence-electron chi connectivity index (χ1n) is 6.54. The minimum atomic E-state index is -0.713. The average Bonchev–Trinajstić information content (AvgIpc) is 2.98. The molecule has 0 aliphatic rings. The highest BCUT2D eigenvalue weighted by Crippen LogP contribution is 2.34. The largest absolute Gasteiger partial charge is 0.465 e. The van der Waals surface area contributed by atoms with Crippen LogP contribution in [-0.2, 0) is 4.74 Å². The second-order valence-electron chi connectivity index (χ2n) is 4.67. The highest BCUT2D eigenvalue weighted by molar-refractivity contribution is 7.20. The van der Waals surface area contributed by atoms with Crippen molar-refractivity contribution in [2.24, 2.45) is 0 Å². The first-order chi connectivity index (χ1) is 10.2. The van der Waals surface area contributed by atoms with Crippen LogP contribution in [0.5, 0.6) is 0 Å². The topological polar surface area (TPSA) is 46.5 Å². The van der Waals surface area contributed by atoms with E-state index in [9.17, 15) is 9.90 Å². The number of hydrogen-bond donors (Lipinski definition) is 1. The smallest absolute Gasteiger partial charge is 0.348 e. The van der Waals surface area contributed by atoms with Crippen molar-refractivity contribution < 1.29 is 14.6 Å². The molecule has 106 valence electrons. The Morgan fingerprint density at radius 1 is 1.14 bits per heavy atom. The zero-order valence-electron chi connectivity index (χ0n) is 11.4. The lowest BCUT2D eigenvalue weighted by molar-refractivity contribution is 0.0606. The fraction of sp³-hybridized carbons (Fsp3) is 0.118. The Hall–Kier alpha value is -2.17. The maximum absolute atomic E-state index is 11.7. The van der Waals surface area contributed by atoms with Crippen LogP contribution in [0.1, 0.15) is 26.9 Å². The third kappa shape index (κ3) is 2.55. The molecule has 3 aromatic rings. The average molecular weight is 298 g/mol. The molecule has 0 saturated heterocycles. The third-order valence-electron chi connectivity index (χ3n) is 3.39. The number of hydrogen-bond acceptors (Lipinski definition) is 4. The molecule has 21 heavy (non-hydrogen) atoms. The minimum absolute atomic E-state index is 0.351. The van der Waals surface area contributed by atoms with E-state index in [1.807, 2.05) is 48.5 Å². The SMILES string of the molecule is COC(=O)c1cc2c(C(O)c3ccccc3)cccc2s1. The number of rotatable bonds is 3. The molecule has 1 heterocycles. The predicted octanol–water partition coefficient (Wildman–Crippen LogP) is 3.77. The molecular formula is C17H14O3S. The van der Waals surface area contributed by atoms with Gasteiger partial charge >= 0.3 is 5.97 Å². The van der Waals surface area contributed by atoms with Crippen LogP contribution in [0.2, 0.25) is 0 Å². The summed E-state index contributed by atoms with van der Waals surface area (Å²) >= 11 is 1.37. The van der Waals surface area contributed by atoms with E-state index < -0.39 is 6.10 Å². The van der Waals surface area contributed by atoms with Gasteiger partial charge in [-0.25, -0.2) is 4.79 Å². The van der Waals surface area contributed by atoms with E-state index in [4.69, 9.17) is 4.74 Å². The molecule has 0 amide bonds. The molecule has 1 N–H and O–H groups in total. The molecule has 0 spiro atoms. The highest BCUT2D eigenvalue weighted by Gasteiger charge is 2.17. The van der Waals surface area contributed by atoms with Crippen molar-refractivity contribution >= 4 is 27.4 Å². The summed E-state index contributed by atoms with van der Waals surface area (Å²) in [6.07, 6.45) is -0.713. The van der Waals surface area contributed by atoms with Gasteiger partial charge in [-0.2, -0.15) is 0 Å². The molecular weight excluding hydrogens is 284 g/mol. The van der Waals surface area contributed by atoms with E-state index in [0.29, 0.717) is 4.88 Å². The van der Waals surface area contributed by atoms with Crippen LogP contribution >= 0.6 is 11.3 Å². The van der Waals surface area contributed by atoms with Gasteiger partial charge in [-0.05, 0) is 28.6 Å². The van der Waals surface area contributed by atoms with E-state index in [1.54, 1.807) is 6.07 Å². The van der Waals surface area contributed by atoms with Crippen molar-refractivity contribution in [2.45, 2.75) is 6.10 Å². The lowest BCUT2D eigenvalue weighted by Crippen LogP contribution is -2.00. The molecule has 1 atom stereocenters. The Labute approximate surface area is 126 Å². The number of methoxy groups -OCH3 is 1. The standard InChI is InChI=1S/C17H14O3S/c1-20-17(19)15-10-13-12(8-5-9-14(13)21-15)16(18)11-6-3-2-4-7-11/h2-10,16,18H,1H3. The van der Waals surface area contributed by atoms with Gasteiger partial charge in [0.2, 0.25) is 0 Å². The number of benzene rings is 2. The van der Waals surface area contributed by atoms with Crippen LogP contribution < -0.4 is 0 Å². The predicted molar refractivity (Wildman–Crippen MR) is 83.7 cm³/mol. The summed E-state index contributed by atoms with van der Waals surface area (Å²) in [6.45, 7) is 0. The van der Waals surface area contributed by atoms with Gasteiger partial charge in [0.1, 0.15) is 11.0 Å². The monoisotopic (exact) mass is 298 g/mol. The molecule has 1 unspecified atom stereocenters. The quantitative estimate of drug-likeness (QED) is 0.749. The highest BCUT2D eigenvalue weighted by atomic mass is 32.1. The fourth-order valence-electron chi connectivity index (χ4n) is 2.34. The zero-order chi connectivity index (χ0) is 14.8. The summed E-state index contributed by atoms with van der Waals surface area (Å²) in [5, 5.41) is 11.5. The Bertz CT molecular complexity index is 777. The lowest BCUT2D eigenvalue weighted by atomic mass is 9.98. The van der Waals surface area contributed by atoms with Crippen LogP contribution in [-0.4, -0.2) is 18.2 Å². The van der Waals surface area contributed by atoms with Crippen LogP contribution in [0, 0.1) is 0 Å². The van der Waals surface area contributed by atoms with Crippen molar-refractivity contribution in [3.63, 3.8) is 0 Å². The van der Waals surface area contributed by atoms with Crippen molar-refractivity contribution in [3.05, 3.63) is 70.6 Å². The Kier molecular flexibility index (Phi) is 3.73. The number of carbonyl (C=O) groups excluding carboxylic acids is 1. The van der Waals surface area contributed by atoms with Crippen LogP contribution in [0.25, 0.3) is 10.1 Å². The van der Waals surface area contributed by atoms with Crippen molar-refractivity contribution in [1.82, 2.24) is 0 Å². The van der Waals surface area contributed by atoms with Gasteiger partial charge in [-0.15, -0.1) is 11.3 Å². The van der Waals surface area contributed by atoms with E-state index in [2.05, 4.69) is 0 Å². The van der Waals surface area contributed by atoms with Gasteiger partial charge < -0.3 is 9.84 Å². The molecule has 1 aromatic heterocycles. The molecule has 0 saturated carbocycles. The first-order valence-corrected chi connectivity index (χ1v) is 7.36. The van der Waals surface area contributed by atoms with E-state index in [1.165, 1.54) is 18.4 Å². The summed E-state index contributed by atoms with van der Waals surface area (Å²) in [6, 6.07) is 17.0. The molecule has 0 aliphatic carbocycles. The number of aliphatic hydroxyl groups excluding tert-OH is 1. The lowest BCUT2D eigenvalue weighted by Gasteiger charge is -2.12. The van der Waals surface area contributed by atoms with E-state index in [0.717, 1.165) is 21.2 Å². The summed E-state index contributed by atoms with van der Waals surface area (Å²) < 4.78 is 5.72. The van der Waals surface area contributed by atoms with Crippen LogP contribution in [0.4, 0.5) is 0 Å². The summed E-state index contributed by atoms with van der Waals surface area (Å²) in [4.78, 5) is 12.2. The number of aliphatic hydroxyl groups is 1. The summed E-state index contributed by atoms with van der Waals surface area (Å²) in [7, 11) is 1.37. The molecule has 2 aromatic carbocycles. The Morgan fingerprint density at radius 2 is 1.90 bits per heavy atom. The van der Waals surface area contributed by atoms with Crippen molar-refractivity contribution in [3.8, 4) is 0 Å². The Balaban J connectivity index is 2.10. The molecule has 4 heteroatoms. The van der Waals surface area contributed by atoms with Crippen molar-refractivity contribution in [1.29, 1.82) is 0 Å². The van der Waals surface area contributed by atoms with Gasteiger partial charge in [-0.3, -0.25) is 0 Å². The molecule has 3 nitrogen and oxygen atoms in total. The molecule has 0 aliphatic heterocycles. The maximum Gasteiger partial charge on any atom is 0.348 e. The van der Waals surface area contributed by atoms with Crippen molar-refractivity contribution in [2.75, 3.05) is 7.11 Å². The first kappa shape index (κ1) is 13.8. The Morgan fingerprint density at radius 3 is 2.62 bits per heavy atom. The normalized spacial score (nSPS) is 12.3. The second-order valence-corrected chi connectivity index (χ2v) is 5.76. The van der Waals surface area contributed by atoms with Crippen LogP contribution in [0.15, 0.2) is 54.6 Å². The number of ether oxygens (including phenoxy) is 1. The molecule has 0 bridgehead atoms. The van der Waals surface area contributed by atoms with Gasteiger partial charge in [0.25, 0.3) is 0 Å². The molecule has 0 fully saturated rings. The second kappa shape index (κ2) is 5.68. The van der Waals surface area contributed by atoms with E-state index in [-0.39, 0.29) is 5.97 Å². The summed E-state index contributed by atoms with van der Waals surface area (Å²) in [5.74, 6) is -0.351. The summed E-state index contributed by atoms with van der Waals surface area (Å²) in [5.41, 5.74) is 1.63. The van der Waals surface area contributed by atoms with E-state index >= 15 is 0 Å². The number of thiophene rings is 1. The third-order valence-corrected chi connectivity index (χ3v) is 4.47. The van der Waals surface area contributed by atoms with Gasteiger partial charge in [0.15, 0.2) is 0 Å². The number of esters is 1. The number of carbonyl (C=O) groups is 1. The molecule has 0 radical (unpaired) electrons. The fourth-order valence-corrected chi connectivity index (χ4v) is 3.35. The van der Waals surface area contributed by atoms with Gasteiger partial charge in [-0.1, -0.05) is 42.5 Å². The van der Waals surface area contributed by atoms with Gasteiger partial charge in [0, 0.05) is 4.70 Å². The minimum Gasteiger partial charge on any atom is -0.465 e. The zero-order valence-corrected chi connectivity index (χ0v) is 12.3. The van der Waals surface area contributed by atoms with Crippen LogP contribution in [0.3, 0.4) is 0 Å². The molecule has 3 rings (SSSR count). The van der Waals surface area contributed by atoms with Gasteiger partial charge in [0.05, 0.1) is 7.11 Å².